The third-order valence-corrected chi connectivity index (χ3v) is 14.5. The Morgan fingerprint density at radius 1 is 0.275 bits per heavy atom. The van der Waals surface area contributed by atoms with Gasteiger partial charge in [-0.1, -0.05) is 317 Å². The summed E-state index contributed by atoms with van der Waals surface area (Å²) >= 11 is 0. The molecule has 0 saturated heterocycles. The van der Waals surface area contributed by atoms with Gasteiger partial charge in [0.15, 0.2) is 6.10 Å². The van der Waals surface area contributed by atoms with Crippen molar-refractivity contribution in [2.24, 2.45) is 11.8 Å². The number of carbonyl (C=O) groups is 3. The fourth-order valence-electron chi connectivity index (χ4n) is 9.76. The monoisotopic (exact) mass is 975 g/mol. The van der Waals surface area contributed by atoms with Gasteiger partial charge in [-0.05, 0) is 31.1 Å². The lowest BCUT2D eigenvalue weighted by Crippen LogP contribution is -2.30. The Hall–Kier alpha value is -1.59. The van der Waals surface area contributed by atoms with Gasteiger partial charge in [0, 0.05) is 19.3 Å². The van der Waals surface area contributed by atoms with Gasteiger partial charge < -0.3 is 14.2 Å². The molecule has 0 unspecified atom stereocenters. The van der Waals surface area contributed by atoms with Crippen LogP contribution < -0.4 is 0 Å². The minimum atomic E-state index is -0.763. The zero-order valence-electron chi connectivity index (χ0n) is 47.5. The van der Waals surface area contributed by atoms with Crippen LogP contribution >= 0.6 is 0 Å². The van der Waals surface area contributed by atoms with Crippen molar-refractivity contribution >= 4 is 17.9 Å². The largest absolute Gasteiger partial charge is 0.462 e. The second kappa shape index (κ2) is 55.7. The molecule has 0 aromatic rings. The lowest BCUT2D eigenvalue weighted by molar-refractivity contribution is -0.167. The summed E-state index contributed by atoms with van der Waals surface area (Å²) in [5, 5.41) is 0. The first-order valence-corrected chi connectivity index (χ1v) is 31.2. The van der Waals surface area contributed by atoms with E-state index in [-0.39, 0.29) is 31.1 Å². The quantitative estimate of drug-likeness (QED) is 0.0343. The van der Waals surface area contributed by atoms with E-state index in [2.05, 4.69) is 34.6 Å². The maximum atomic E-state index is 12.9. The maximum absolute atomic E-state index is 12.9. The van der Waals surface area contributed by atoms with Gasteiger partial charge in [0.05, 0.1) is 0 Å². The zero-order chi connectivity index (χ0) is 50.4. The van der Waals surface area contributed by atoms with Crippen molar-refractivity contribution in [1.82, 2.24) is 0 Å². The summed E-state index contributed by atoms with van der Waals surface area (Å²) in [6, 6.07) is 0. The van der Waals surface area contributed by atoms with Crippen molar-refractivity contribution in [3.8, 4) is 0 Å². The molecule has 6 heteroatoms. The summed E-state index contributed by atoms with van der Waals surface area (Å²) in [6.07, 6.45) is 61.0. The SMILES string of the molecule is CCCCCCCCCCCCCCCCCCCCC(=O)OC[C@@H](COC(=O)CCCCCCCCCCCCCCCCCC(C)C)OC(=O)CCCCCCCCCCCCCCC(C)C. The van der Waals surface area contributed by atoms with E-state index in [1.165, 1.54) is 244 Å². The molecule has 0 heterocycles. The fourth-order valence-corrected chi connectivity index (χ4v) is 9.76. The average Bonchev–Trinajstić information content (AvgIpc) is 3.32. The Labute approximate surface area is 431 Å². The van der Waals surface area contributed by atoms with Crippen LogP contribution in [0.2, 0.25) is 0 Å². The third-order valence-electron chi connectivity index (χ3n) is 14.5. The van der Waals surface area contributed by atoms with Gasteiger partial charge in [-0.2, -0.15) is 0 Å². The van der Waals surface area contributed by atoms with Gasteiger partial charge in [-0.15, -0.1) is 0 Å². The number of hydrogen-bond donors (Lipinski definition) is 0. The molecule has 69 heavy (non-hydrogen) atoms. The average molecular weight is 976 g/mol. The number of unbranched alkanes of at least 4 members (excludes halogenated alkanes) is 42. The highest BCUT2D eigenvalue weighted by molar-refractivity contribution is 5.71. The standard InChI is InChI=1S/C63H122O6/c1-6-7-8-9-10-11-12-13-14-15-16-19-22-28-33-38-43-48-53-61(64)67-56-60(69-63(66)55-50-45-40-35-30-25-24-27-32-37-42-47-52-59(4)5)57-68-62(65)54-49-44-39-34-29-23-20-17-18-21-26-31-36-41-46-51-58(2)3/h58-60H,6-57H2,1-5H3/t60-/m0/s1. The van der Waals surface area contributed by atoms with Crippen LogP contribution in [0.1, 0.15) is 356 Å². The van der Waals surface area contributed by atoms with Gasteiger partial charge >= 0.3 is 17.9 Å². The Morgan fingerprint density at radius 2 is 0.478 bits per heavy atom. The van der Waals surface area contributed by atoms with E-state index >= 15 is 0 Å². The molecule has 0 saturated carbocycles. The highest BCUT2D eigenvalue weighted by atomic mass is 16.6. The lowest BCUT2D eigenvalue weighted by atomic mass is 10.0. The molecule has 0 aliphatic rings. The first-order chi connectivity index (χ1) is 33.7. The molecule has 0 N–H and O–H groups in total. The molecule has 0 rings (SSSR count). The number of carbonyl (C=O) groups excluding carboxylic acids is 3. The molecule has 0 spiro atoms. The first kappa shape index (κ1) is 67.4. The summed E-state index contributed by atoms with van der Waals surface area (Å²) in [7, 11) is 0. The van der Waals surface area contributed by atoms with Gasteiger partial charge in [0.25, 0.3) is 0 Å². The third kappa shape index (κ3) is 57.2. The summed E-state index contributed by atoms with van der Waals surface area (Å²) in [6.45, 7) is 11.4. The number of ether oxygens (including phenoxy) is 3. The van der Waals surface area contributed by atoms with E-state index in [0.29, 0.717) is 19.3 Å². The zero-order valence-corrected chi connectivity index (χ0v) is 47.5. The first-order valence-electron chi connectivity index (χ1n) is 31.2. The Balaban J connectivity index is 4.28. The summed E-state index contributed by atoms with van der Waals surface area (Å²) in [5.74, 6) is 0.848. The molecule has 0 bridgehead atoms. The van der Waals surface area contributed by atoms with Gasteiger partial charge in [0.1, 0.15) is 13.2 Å². The van der Waals surface area contributed by atoms with Gasteiger partial charge in [-0.25, -0.2) is 0 Å². The smallest absolute Gasteiger partial charge is 0.306 e. The van der Waals surface area contributed by atoms with E-state index in [1.807, 2.05) is 0 Å². The Morgan fingerprint density at radius 3 is 0.710 bits per heavy atom. The fraction of sp³-hybridized carbons (Fsp3) is 0.952. The number of esters is 3. The Bertz CT molecular complexity index is 1060. The molecule has 0 fully saturated rings. The summed E-state index contributed by atoms with van der Waals surface area (Å²) in [5.41, 5.74) is 0. The molecular formula is C63H122O6. The van der Waals surface area contributed by atoms with Crippen LogP contribution in [0.3, 0.4) is 0 Å². The van der Waals surface area contributed by atoms with Crippen LogP contribution in [0, 0.1) is 11.8 Å². The van der Waals surface area contributed by atoms with E-state index < -0.39 is 6.10 Å². The highest BCUT2D eigenvalue weighted by Gasteiger charge is 2.19. The van der Waals surface area contributed by atoms with Crippen LogP contribution in [0.15, 0.2) is 0 Å². The molecule has 0 aromatic heterocycles. The van der Waals surface area contributed by atoms with E-state index in [9.17, 15) is 14.4 Å². The minimum Gasteiger partial charge on any atom is -0.462 e. The molecule has 0 aliphatic carbocycles. The molecule has 1 atom stereocenters. The Kier molecular flexibility index (Phi) is 54.4. The van der Waals surface area contributed by atoms with Crippen molar-refractivity contribution in [1.29, 1.82) is 0 Å². The highest BCUT2D eigenvalue weighted by Crippen LogP contribution is 2.19. The van der Waals surface area contributed by atoms with Crippen LogP contribution in [-0.4, -0.2) is 37.2 Å². The second-order valence-corrected chi connectivity index (χ2v) is 22.6. The normalized spacial score (nSPS) is 12.0. The van der Waals surface area contributed by atoms with E-state index in [1.54, 1.807) is 0 Å². The molecule has 0 aromatic carbocycles. The molecule has 0 aliphatic heterocycles. The summed E-state index contributed by atoms with van der Waals surface area (Å²) in [4.78, 5) is 38.3. The van der Waals surface area contributed by atoms with Crippen LogP contribution in [0.25, 0.3) is 0 Å². The van der Waals surface area contributed by atoms with Crippen molar-refractivity contribution in [2.75, 3.05) is 13.2 Å². The van der Waals surface area contributed by atoms with Crippen molar-refractivity contribution in [3.05, 3.63) is 0 Å². The second-order valence-electron chi connectivity index (χ2n) is 22.6. The van der Waals surface area contributed by atoms with Crippen LogP contribution in [-0.2, 0) is 28.6 Å². The predicted octanol–water partition coefficient (Wildman–Crippen LogP) is 20.8. The number of rotatable bonds is 57. The summed E-state index contributed by atoms with van der Waals surface area (Å²) < 4.78 is 16.9. The lowest BCUT2D eigenvalue weighted by Gasteiger charge is -2.18. The molecular weight excluding hydrogens is 853 g/mol. The number of hydrogen-bond acceptors (Lipinski definition) is 6. The van der Waals surface area contributed by atoms with Crippen LogP contribution in [0.5, 0.6) is 0 Å². The molecule has 0 amide bonds. The van der Waals surface area contributed by atoms with E-state index in [4.69, 9.17) is 14.2 Å². The van der Waals surface area contributed by atoms with Crippen molar-refractivity contribution in [3.63, 3.8) is 0 Å². The predicted molar refractivity (Wildman–Crippen MR) is 298 cm³/mol. The molecule has 0 radical (unpaired) electrons. The molecule has 6 nitrogen and oxygen atoms in total. The van der Waals surface area contributed by atoms with Crippen LogP contribution in [0.4, 0.5) is 0 Å². The van der Waals surface area contributed by atoms with Crippen molar-refractivity contribution < 1.29 is 28.6 Å². The van der Waals surface area contributed by atoms with Crippen molar-refractivity contribution in [2.45, 2.75) is 362 Å². The molecule has 410 valence electrons. The van der Waals surface area contributed by atoms with Gasteiger partial charge in [0.2, 0.25) is 0 Å². The minimum absolute atomic E-state index is 0.0621. The van der Waals surface area contributed by atoms with E-state index in [0.717, 1.165) is 69.6 Å². The topological polar surface area (TPSA) is 78.9 Å². The maximum Gasteiger partial charge on any atom is 0.306 e. The van der Waals surface area contributed by atoms with Gasteiger partial charge in [-0.3, -0.25) is 14.4 Å².